The van der Waals surface area contributed by atoms with Crippen molar-refractivity contribution in [3.05, 3.63) is 42.0 Å². The van der Waals surface area contributed by atoms with Gasteiger partial charge in [0.1, 0.15) is 27.9 Å². The molecule has 0 bridgehead atoms. The first-order chi connectivity index (χ1) is 20.4. The second kappa shape index (κ2) is 10.7. The molecule has 226 valence electrons. The van der Waals surface area contributed by atoms with Gasteiger partial charge in [-0.3, -0.25) is 14.2 Å². The molecule has 1 N–H and O–H groups in total. The molecule has 2 aliphatic rings. The largest absolute Gasteiger partial charge is 0.596 e. The number of ether oxygens (including phenoxy) is 2. The van der Waals surface area contributed by atoms with E-state index in [4.69, 9.17) is 9.47 Å². The minimum atomic E-state index is -0.560. The lowest BCUT2D eigenvalue weighted by Crippen LogP contribution is -2.34. The molecule has 2 amide bonds. The van der Waals surface area contributed by atoms with Crippen molar-refractivity contribution >= 4 is 51.4 Å². The van der Waals surface area contributed by atoms with E-state index < -0.39 is 17.3 Å². The first-order valence-corrected chi connectivity index (χ1v) is 14.5. The van der Waals surface area contributed by atoms with Gasteiger partial charge in [0.2, 0.25) is 0 Å². The molecule has 12 heteroatoms. The van der Waals surface area contributed by atoms with Crippen LogP contribution in [0.2, 0.25) is 0 Å². The third-order valence-electron chi connectivity index (χ3n) is 7.72. The number of nitrogens with one attached hydrogen (secondary N) is 1. The summed E-state index contributed by atoms with van der Waals surface area (Å²) in [5, 5.41) is 13.0. The number of hydrogen-bond acceptors (Lipinski definition) is 7. The zero-order valence-electron chi connectivity index (χ0n) is 25.3. The van der Waals surface area contributed by atoms with Crippen LogP contribution in [0.25, 0.3) is 21.8 Å². The zero-order valence-corrected chi connectivity index (χ0v) is 25.3. The van der Waals surface area contributed by atoms with Crippen LogP contribution in [0, 0.1) is 11.7 Å². The van der Waals surface area contributed by atoms with Gasteiger partial charge in [-0.15, -0.1) is 4.58 Å². The van der Waals surface area contributed by atoms with Gasteiger partial charge in [0.25, 0.3) is 5.91 Å². The molecule has 1 saturated heterocycles. The van der Waals surface area contributed by atoms with Gasteiger partial charge in [-0.05, 0) is 39.3 Å². The Hall–Kier alpha value is -4.48. The molecule has 0 spiro atoms. The quantitative estimate of drug-likeness (QED) is 0.252. The Kier molecular flexibility index (Phi) is 7.10. The fourth-order valence-electron chi connectivity index (χ4n) is 5.73. The van der Waals surface area contributed by atoms with E-state index >= 15 is 0 Å². The topological polar surface area (TPSA) is 107 Å². The summed E-state index contributed by atoms with van der Waals surface area (Å²) in [6, 6.07) is 4.99. The van der Waals surface area contributed by atoms with Gasteiger partial charge < -0.3 is 19.7 Å². The molecule has 1 unspecified atom stereocenters. The SMILES string of the molecule is COc1cc(N2CCC(/C=[N+](/C(=O)OC(C)(C)C)C3CC3)C2)c2cn(C)nc2c1C(=O)Nc1cc(F)c2nn(C)cc2c1. The summed E-state index contributed by atoms with van der Waals surface area (Å²) in [5.41, 5.74) is 1.63. The summed E-state index contributed by atoms with van der Waals surface area (Å²) in [4.78, 5) is 28.8. The van der Waals surface area contributed by atoms with E-state index in [-0.39, 0.29) is 29.1 Å². The van der Waals surface area contributed by atoms with Gasteiger partial charge in [-0.2, -0.15) is 15.0 Å². The number of methoxy groups -OCH3 is 1. The maximum Gasteiger partial charge on any atom is 0.596 e. The Morgan fingerprint density at radius 2 is 1.79 bits per heavy atom. The van der Waals surface area contributed by atoms with Gasteiger partial charge in [-0.25, -0.2) is 4.39 Å². The Labute approximate surface area is 248 Å². The molecular formula is C31H37FN7O4+. The van der Waals surface area contributed by atoms with E-state index in [1.54, 1.807) is 35.6 Å². The molecule has 2 aromatic heterocycles. The van der Waals surface area contributed by atoms with Crippen LogP contribution in [0.1, 0.15) is 50.4 Å². The molecule has 0 radical (unpaired) electrons. The molecule has 43 heavy (non-hydrogen) atoms. The highest BCUT2D eigenvalue weighted by Crippen LogP contribution is 2.38. The smallest absolute Gasteiger partial charge is 0.496 e. The molecule has 1 saturated carbocycles. The number of hydrogen-bond donors (Lipinski definition) is 1. The second-order valence-corrected chi connectivity index (χ2v) is 12.5. The van der Waals surface area contributed by atoms with Crippen molar-refractivity contribution in [3.63, 3.8) is 0 Å². The van der Waals surface area contributed by atoms with E-state index in [0.29, 0.717) is 28.9 Å². The van der Waals surface area contributed by atoms with E-state index in [1.165, 1.54) is 17.9 Å². The number of nitrogens with zero attached hydrogens (tertiary/aromatic N) is 6. The van der Waals surface area contributed by atoms with Crippen LogP contribution in [-0.2, 0) is 18.8 Å². The number of rotatable bonds is 6. The average molecular weight is 591 g/mol. The molecular weight excluding hydrogens is 553 g/mol. The molecule has 4 aromatic rings. The van der Waals surface area contributed by atoms with Crippen molar-refractivity contribution in [1.82, 2.24) is 19.6 Å². The summed E-state index contributed by atoms with van der Waals surface area (Å²) >= 11 is 0. The maximum absolute atomic E-state index is 14.7. The number of halogens is 1. The third-order valence-corrected chi connectivity index (χ3v) is 7.72. The van der Waals surface area contributed by atoms with E-state index in [1.807, 2.05) is 39.2 Å². The van der Waals surface area contributed by atoms with Gasteiger partial charge in [0.05, 0.1) is 18.7 Å². The number of carbonyl (C=O) groups is 2. The highest BCUT2D eigenvalue weighted by Gasteiger charge is 2.42. The molecule has 1 atom stereocenters. The number of carbonyl (C=O) groups excluding carboxylic acids is 2. The highest BCUT2D eigenvalue weighted by molar-refractivity contribution is 6.16. The number of aryl methyl sites for hydroxylation is 2. The first-order valence-electron chi connectivity index (χ1n) is 14.5. The number of amides is 2. The summed E-state index contributed by atoms with van der Waals surface area (Å²) < 4.78 is 31.1. The Morgan fingerprint density at radius 1 is 1.07 bits per heavy atom. The fraction of sp³-hybridized carbons (Fsp3) is 0.452. The molecule has 1 aliphatic carbocycles. The van der Waals surface area contributed by atoms with Crippen LogP contribution in [0.4, 0.5) is 20.6 Å². The van der Waals surface area contributed by atoms with Crippen LogP contribution in [0.5, 0.6) is 5.75 Å². The van der Waals surface area contributed by atoms with Crippen LogP contribution in [0.15, 0.2) is 30.6 Å². The minimum absolute atomic E-state index is 0.145. The molecule has 11 nitrogen and oxygen atoms in total. The van der Waals surface area contributed by atoms with Crippen LogP contribution in [-0.4, -0.2) is 74.2 Å². The van der Waals surface area contributed by atoms with Crippen molar-refractivity contribution in [2.24, 2.45) is 20.0 Å². The van der Waals surface area contributed by atoms with Crippen LogP contribution in [0.3, 0.4) is 0 Å². The summed E-state index contributed by atoms with van der Waals surface area (Å²) in [6.45, 7) is 7.08. The summed E-state index contributed by atoms with van der Waals surface area (Å²) in [6.07, 6.45) is 8.12. The second-order valence-electron chi connectivity index (χ2n) is 12.5. The molecule has 2 aromatic carbocycles. The lowest BCUT2D eigenvalue weighted by molar-refractivity contribution is -0.462. The predicted molar refractivity (Wildman–Crippen MR) is 162 cm³/mol. The average Bonchev–Trinajstić information content (AvgIpc) is 3.32. The number of aromatic nitrogens is 4. The van der Waals surface area contributed by atoms with Crippen LogP contribution < -0.4 is 15.0 Å². The van der Waals surface area contributed by atoms with Gasteiger partial charge in [0, 0.05) is 74.9 Å². The van der Waals surface area contributed by atoms with E-state index in [2.05, 4.69) is 20.4 Å². The van der Waals surface area contributed by atoms with Gasteiger partial charge in [0.15, 0.2) is 18.1 Å². The minimum Gasteiger partial charge on any atom is -0.496 e. The van der Waals surface area contributed by atoms with Crippen molar-refractivity contribution in [2.45, 2.75) is 51.7 Å². The molecule has 6 rings (SSSR count). The van der Waals surface area contributed by atoms with Crippen molar-refractivity contribution in [1.29, 1.82) is 0 Å². The lowest BCUT2D eigenvalue weighted by Gasteiger charge is -2.21. The van der Waals surface area contributed by atoms with E-state index in [9.17, 15) is 14.0 Å². The Bertz CT molecular complexity index is 1780. The Morgan fingerprint density at radius 3 is 2.49 bits per heavy atom. The van der Waals surface area contributed by atoms with Crippen molar-refractivity contribution < 1.29 is 28.0 Å². The van der Waals surface area contributed by atoms with Crippen molar-refractivity contribution in [2.75, 3.05) is 30.4 Å². The lowest BCUT2D eigenvalue weighted by atomic mass is 10.1. The van der Waals surface area contributed by atoms with Gasteiger partial charge in [-0.1, -0.05) is 0 Å². The zero-order chi connectivity index (χ0) is 30.6. The summed E-state index contributed by atoms with van der Waals surface area (Å²) in [5.74, 6) is -0.473. The van der Waals surface area contributed by atoms with Gasteiger partial charge >= 0.3 is 6.09 Å². The number of benzene rings is 2. The Balaban J connectivity index is 1.30. The normalized spacial score (nSPS) is 17.6. The third kappa shape index (κ3) is 5.78. The monoisotopic (exact) mass is 590 g/mol. The molecule has 1 aliphatic heterocycles. The highest BCUT2D eigenvalue weighted by atomic mass is 19.1. The fourth-order valence-corrected chi connectivity index (χ4v) is 5.73. The summed E-state index contributed by atoms with van der Waals surface area (Å²) in [7, 11) is 5.03. The number of fused-ring (bicyclic) bond motifs is 2. The predicted octanol–water partition coefficient (Wildman–Crippen LogP) is 4.87. The van der Waals surface area contributed by atoms with Crippen LogP contribution >= 0.6 is 0 Å². The maximum atomic E-state index is 14.7. The molecule has 2 fully saturated rings. The van der Waals surface area contributed by atoms with E-state index in [0.717, 1.165) is 36.9 Å². The standard InChI is InChI=1S/C31H36FN7O4/c1-31(2,3)43-30(41)39(21-7-8-21)15-18-9-10-38(14-18)24-13-25(42-6)26(28-22(24)17-37(5)35-28)29(40)33-20-11-19-16-36(4)34-27(19)23(32)12-20/h11-13,15-18,21H,7-10,14H2,1-6H3/p+1/b39-15+. The first kappa shape index (κ1) is 28.6. The number of anilines is 2. The van der Waals surface area contributed by atoms with Crippen molar-refractivity contribution in [3.8, 4) is 5.75 Å². The molecule has 3 heterocycles.